The van der Waals surface area contributed by atoms with Gasteiger partial charge in [0, 0.05) is 0 Å². The predicted molar refractivity (Wildman–Crippen MR) is 108 cm³/mol. The molecule has 2 aromatic heterocycles. The van der Waals surface area contributed by atoms with Crippen molar-refractivity contribution < 1.29 is 23.1 Å². The highest BCUT2D eigenvalue weighted by molar-refractivity contribution is 6.46. The lowest BCUT2D eigenvalue weighted by molar-refractivity contribution is -0.112. The monoisotopic (exact) mass is 407 g/mol. The Morgan fingerprint density at radius 1 is 1.10 bits per heavy atom. The van der Waals surface area contributed by atoms with Gasteiger partial charge in [-0.3, -0.25) is 9.59 Å². The van der Waals surface area contributed by atoms with E-state index in [0.717, 1.165) is 0 Å². The number of ketones is 1. The number of furan rings is 1. The van der Waals surface area contributed by atoms with Gasteiger partial charge in [0.05, 0.1) is 29.0 Å². The second kappa shape index (κ2) is 7.82. The van der Waals surface area contributed by atoms with Crippen molar-refractivity contribution in [3.63, 3.8) is 0 Å². The molecular weight excluding hydrogens is 389 g/mol. The van der Waals surface area contributed by atoms with Crippen molar-refractivity contribution in [1.29, 1.82) is 0 Å². The van der Waals surface area contributed by atoms with Gasteiger partial charge in [-0.05, 0) is 62.4 Å². The zero-order valence-electron chi connectivity index (χ0n) is 16.3. The number of fused-ring (bicyclic) bond motifs is 1. The molecule has 0 atom stereocenters. The molecule has 0 spiro atoms. The predicted octanol–water partition coefficient (Wildman–Crippen LogP) is 4.37. The van der Waals surface area contributed by atoms with E-state index in [2.05, 4.69) is 10.4 Å². The second-order valence-electron chi connectivity index (χ2n) is 6.81. The maximum absolute atomic E-state index is 13.4. The topological polar surface area (TPSA) is 86.4 Å². The van der Waals surface area contributed by atoms with Crippen LogP contribution in [0.5, 0.6) is 5.75 Å². The standard InChI is InChI=1S/C22H18FN3O4/c1-13(2)30-17-6-3-5-16-19(17)21(24-22(28)20(27)18-7-4-12-29-18)25-26(16)15-10-8-14(23)9-11-15/h3-13H,1-2H3,(H,24,25,28). The molecule has 8 heteroatoms. The molecular formula is C22H18FN3O4. The zero-order chi connectivity index (χ0) is 21.3. The Morgan fingerprint density at radius 3 is 2.53 bits per heavy atom. The van der Waals surface area contributed by atoms with Crippen LogP contribution in [-0.2, 0) is 4.79 Å². The summed E-state index contributed by atoms with van der Waals surface area (Å²) in [5, 5.41) is 7.54. The molecule has 0 saturated carbocycles. The van der Waals surface area contributed by atoms with E-state index in [0.29, 0.717) is 22.3 Å². The number of benzene rings is 2. The molecule has 0 radical (unpaired) electrons. The van der Waals surface area contributed by atoms with Crippen molar-refractivity contribution in [2.24, 2.45) is 0 Å². The van der Waals surface area contributed by atoms with Crippen LogP contribution in [0.4, 0.5) is 10.2 Å². The molecule has 0 bridgehead atoms. The van der Waals surface area contributed by atoms with Gasteiger partial charge < -0.3 is 14.5 Å². The number of ether oxygens (including phenoxy) is 1. The summed E-state index contributed by atoms with van der Waals surface area (Å²) in [6, 6.07) is 14.0. The summed E-state index contributed by atoms with van der Waals surface area (Å²) < 4.78 is 25.8. The SMILES string of the molecule is CC(C)Oc1cccc2c1c(NC(=O)C(=O)c1ccco1)nn2-c1ccc(F)cc1. The number of aromatic nitrogens is 2. The largest absolute Gasteiger partial charge is 0.490 e. The van der Waals surface area contributed by atoms with Crippen molar-refractivity contribution in [3.8, 4) is 11.4 Å². The molecule has 0 saturated heterocycles. The Labute approximate surface area is 171 Å². The Hall–Kier alpha value is -3.94. The van der Waals surface area contributed by atoms with Crippen molar-refractivity contribution >= 4 is 28.4 Å². The molecule has 7 nitrogen and oxygen atoms in total. The van der Waals surface area contributed by atoms with Crippen molar-refractivity contribution in [1.82, 2.24) is 9.78 Å². The highest BCUT2D eigenvalue weighted by Gasteiger charge is 2.24. The first kappa shape index (κ1) is 19.4. The number of anilines is 1. The summed E-state index contributed by atoms with van der Waals surface area (Å²) in [7, 11) is 0. The normalized spacial score (nSPS) is 11.1. The number of halogens is 1. The molecule has 2 heterocycles. The number of rotatable bonds is 6. The maximum Gasteiger partial charge on any atom is 0.301 e. The number of nitrogens with zero attached hydrogens (tertiary/aromatic N) is 2. The van der Waals surface area contributed by atoms with Crippen LogP contribution in [0.3, 0.4) is 0 Å². The Morgan fingerprint density at radius 2 is 1.87 bits per heavy atom. The third kappa shape index (κ3) is 3.67. The van der Waals surface area contributed by atoms with Gasteiger partial charge in [0.15, 0.2) is 11.6 Å². The van der Waals surface area contributed by atoms with Gasteiger partial charge in [0.1, 0.15) is 11.6 Å². The average molecular weight is 407 g/mol. The Kier molecular flexibility index (Phi) is 5.05. The van der Waals surface area contributed by atoms with Gasteiger partial charge in [-0.1, -0.05) is 6.07 Å². The molecule has 4 aromatic rings. The molecule has 2 aromatic carbocycles. The van der Waals surface area contributed by atoms with E-state index < -0.39 is 11.7 Å². The molecule has 4 rings (SSSR count). The van der Waals surface area contributed by atoms with Crippen LogP contribution in [0.15, 0.2) is 65.3 Å². The van der Waals surface area contributed by atoms with E-state index in [9.17, 15) is 14.0 Å². The highest BCUT2D eigenvalue weighted by atomic mass is 19.1. The zero-order valence-corrected chi connectivity index (χ0v) is 16.3. The summed E-state index contributed by atoms with van der Waals surface area (Å²) in [5.41, 5.74) is 1.21. The van der Waals surface area contributed by atoms with Crippen LogP contribution in [0, 0.1) is 5.82 Å². The summed E-state index contributed by atoms with van der Waals surface area (Å²) in [6.45, 7) is 3.75. The third-order valence-electron chi connectivity index (χ3n) is 4.29. The van der Waals surface area contributed by atoms with Crippen LogP contribution in [0.1, 0.15) is 24.4 Å². The molecule has 0 aliphatic heterocycles. The van der Waals surface area contributed by atoms with Crippen LogP contribution >= 0.6 is 0 Å². The fourth-order valence-electron chi connectivity index (χ4n) is 3.04. The quantitative estimate of drug-likeness (QED) is 0.379. The minimum Gasteiger partial charge on any atom is -0.490 e. The van der Waals surface area contributed by atoms with Crippen LogP contribution in [0.25, 0.3) is 16.6 Å². The first-order valence-corrected chi connectivity index (χ1v) is 9.27. The van der Waals surface area contributed by atoms with Gasteiger partial charge in [-0.2, -0.15) is 0 Å². The molecule has 152 valence electrons. The summed E-state index contributed by atoms with van der Waals surface area (Å²) >= 11 is 0. The second-order valence-corrected chi connectivity index (χ2v) is 6.81. The summed E-state index contributed by atoms with van der Waals surface area (Å²) in [5.74, 6) is -1.53. The Balaban J connectivity index is 1.82. The van der Waals surface area contributed by atoms with E-state index in [1.54, 1.807) is 35.0 Å². The summed E-state index contributed by atoms with van der Waals surface area (Å²) in [6.07, 6.45) is 1.19. The van der Waals surface area contributed by atoms with E-state index in [-0.39, 0.29) is 23.5 Å². The van der Waals surface area contributed by atoms with E-state index in [1.807, 2.05) is 13.8 Å². The minimum absolute atomic E-state index is 0.0755. The first-order chi connectivity index (χ1) is 14.4. The molecule has 0 aliphatic rings. The lowest BCUT2D eigenvalue weighted by Crippen LogP contribution is -2.23. The number of hydrogen-bond acceptors (Lipinski definition) is 5. The average Bonchev–Trinajstić information content (AvgIpc) is 3.37. The fraction of sp³-hybridized carbons (Fsp3) is 0.136. The molecule has 0 unspecified atom stereocenters. The van der Waals surface area contributed by atoms with E-state index in [1.165, 1.54) is 30.5 Å². The molecule has 1 N–H and O–H groups in total. The number of amides is 1. The van der Waals surface area contributed by atoms with Crippen molar-refractivity contribution in [2.75, 3.05) is 5.32 Å². The summed E-state index contributed by atoms with van der Waals surface area (Å²) in [4.78, 5) is 24.8. The highest BCUT2D eigenvalue weighted by Crippen LogP contribution is 2.34. The van der Waals surface area contributed by atoms with Gasteiger partial charge in [-0.25, -0.2) is 9.07 Å². The molecule has 1 amide bonds. The molecule has 0 aliphatic carbocycles. The number of hydrogen-bond donors (Lipinski definition) is 1. The molecule has 30 heavy (non-hydrogen) atoms. The number of nitrogens with one attached hydrogen (secondary N) is 1. The van der Waals surface area contributed by atoms with Crippen molar-refractivity contribution in [3.05, 3.63) is 72.4 Å². The van der Waals surface area contributed by atoms with Crippen LogP contribution in [-0.4, -0.2) is 27.6 Å². The smallest absolute Gasteiger partial charge is 0.301 e. The third-order valence-corrected chi connectivity index (χ3v) is 4.29. The lowest BCUT2D eigenvalue weighted by atomic mass is 10.2. The first-order valence-electron chi connectivity index (χ1n) is 9.27. The lowest BCUT2D eigenvalue weighted by Gasteiger charge is -2.11. The van der Waals surface area contributed by atoms with E-state index in [4.69, 9.17) is 9.15 Å². The fourth-order valence-corrected chi connectivity index (χ4v) is 3.04. The van der Waals surface area contributed by atoms with Gasteiger partial charge >= 0.3 is 5.91 Å². The van der Waals surface area contributed by atoms with Gasteiger partial charge in [0.25, 0.3) is 5.78 Å². The van der Waals surface area contributed by atoms with Crippen LogP contribution in [0.2, 0.25) is 0 Å². The van der Waals surface area contributed by atoms with Gasteiger partial charge in [0.2, 0.25) is 0 Å². The number of Topliss-reactive ketones (excluding diaryl/α,β-unsaturated/α-hetero) is 1. The number of carbonyl (C=O) groups excluding carboxylic acids is 2. The Bertz CT molecular complexity index is 1210. The number of carbonyl (C=O) groups is 2. The minimum atomic E-state index is -0.894. The van der Waals surface area contributed by atoms with Gasteiger partial charge in [-0.15, -0.1) is 5.10 Å². The van der Waals surface area contributed by atoms with Crippen molar-refractivity contribution in [2.45, 2.75) is 20.0 Å². The molecule has 0 fully saturated rings. The van der Waals surface area contributed by atoms with E-state index >= 15 is 0 Å². The maximum atomic E-state index is 13.4. The van der Waals surface area contributed by atoms with Crippen LogP contribution < -0.4 is 10.1 Å².